The van der Waals surface area contributed by atoms with E-state index in [9.17, 15) is 5.26 Å². The molecule has 0 aliphatic carbocycles. The molecule has 0 saturated carbocycles. The van der Waals surface area contributed by atoms with Gasteiger partial charge >= 0.3 is 0 Å². The Morgan fingerprint density at radius 1 is 0.957 bits per heavy atom. The highest BCUT2D eigenvalue weighted by atomic mass is 32.1. The molecule has 0 saturated heterocycles. The molecular weight excluding hydrogens is 300 g/mol. The van der Waals surface area contributed by atoms with Gasteiger partial charge in [-0.3, -0.25) is 0 Å². The maximum absolute atomic E-state index is 9.59. The molecule has 0 atom stereocenters. The van der Waals surface area contributed by atoms with Gasteiger partial charge in [-0.25, -0.2) is 4.98 Å². The summed E-state index contributed by atoms with van der Waals surface area (Å²) in [5.74, 6) is 0. The molecule has 23 heavy (non-hydrogen) atoms. The number of nitrogens with zero attached hydrogens (tertiary/aromatic N) is 2. The highest BCUT2D eigenvalue weighted by molar-refractivity contribution is 7.19. The minimum atomic E-state index is 0.600. The lowest BCUT2D eigenvalue weighted by Gasteiger charge is -2.02. The molecule has 0 radical (unpaired) electrons. The molecule has 1 heterocycles. The van der Waals surface area contributed by atoms with E-state index in [1.165, 1.54) is 5.39 Å². The Bertz CT molecular complexity index is 1050. The minimum absolute atomic E-state index is 0.600. The first kappa shape index (κ1) is 13.7. The van der Waals surface area contributed by atoms with Crippen LogP contribution < -0.4 is 0 Å². The Kier molecular flexibility index (Phi) is 3.38. The van der Waals surface area contributed by atoms with E-state index in [0.717, 1.165) is 26.2 Å². The third-order valence-corrected chi connectivity index (χ3v) is 4.84. The maximum Gasteiger partial charge on any atom is 0.135 e. The van der Waals surface area contributed by atoms with Gasteiger partial charge in [0.2, 0.25) is 0 Å². The fourth-order valence-corrected chi connectivity index (χ4v) is 3.59. The number of hydrogen-bond donors (Lipinski definition) is 0. The van der Waals surface area contributed by atoms with E-state index in [1.54, 1.807) is 11.3 Å². The standard InChI is InChI=1S/C20H12N2S/c21-13-16(20-22-18-10-3-4-11-19(18)23-20)12-15-8-5-7-14-6-1-2-9-17(14)15/h1-12H. The molecule has 0 aliphatic heterocycles. The van der Waals surface area contributed by atoms with Crippen molar-refractivity contribution in [1.82, 2.24) is 4.98 Å². The van der Waals surface area contributed by atoms with E-state index in [-0.39, 0.29) is 0 Å². The van der Waals surface area contributed by atoms with Crippen LogP contribution in [0.25, 0.3) is 32.6 Å². The summed E-state index contributed by atoms with van der Waals surface area (Å²) in [5.41, 5.74) is 2.58. The van der Waals surface area contributed by atoms with E-state index < -0.39 is 0 Å². The lowest BCUT2D eigenvalue weighted by atomic mass is 10.0. The second-order valence-electron chi connectivity index (χ2n) is 5.22. The lowest BCUT2D eigenvalue weighted by Crippen LogP contribution is -1.82. The van der Waals surface area contributed by atoms with Crippen molar-refractivity contribution in [2.24, 2.45) is 0 Å². The van der Waals surface area contributed by atoms with Crippen molar-refractivity contribution in [3.63, 3.8) is 0 Å². The summed E-state index contributed by atoms with van der Waals surface area (Å²) < 4.78 is 1.10. The molecule has 3 aromatic carbocycles. The maximum atomic E-state index is 9.59. The largest absolute Gasteiger partial charge is 0.235 e. The van der Waals surface area contributed by atoms with Gasteiger partial charge in [0.25, 0.3) is 0 Å². The molecule has 108 valence electrons. The number of fused-ring (bicyclic) bond motifs is 2. The number of nitriles is 1. The topological polar surface area (TPSA) is 36.7 Å². The second kappa shape index (κ2) is 5.68. The van der Waals surface area contributed by atoms with Crippen LogP contribution in [-0.2, 0) is 0 Å². The molecular formula is C20H12N2S. The Labute approximate surface area is 138 Å². The van der Waals surface area contributed by atoms with Crippen LogP contribution in [0, 0.1) is 11.3 Å². The van der Waals surface area contributed by atoms with E-state index in [1.807, 2.05) is 54.6 Å². The molecule has 0 spiro atoms. The molecule has 0 bridgehead atoms. The monoisotopic (exact) mass is 312 g/mol. The van der Waals surface area contributed by atoms with Crippen molar-refractivity contribution >= 4 is 44.0 Å². The zero-order valence-corrected chi connectivity index (χ0v) is 13.0. The molecule has 0 amide bonds. The molecule has 4 rings (SSSR count). The highest BCUT2D eigenvalue weighted by Crippen LogP contribution is 2.29. The zero-order chi connectivity index (χ0) is 15.6. The molecule has 0 N–H and O–H groups in total. The highest BCUT2D eigenvalue weighted by Gasteiger charge is 2.09. The molecule has 0 fully saturated rings. The van der Waals surface area contributed by atoms with Gasteiger partial charge in [-0.2, -0.15) is 5.26 Å². The molecule has 1 aromatic heterocycles. The Morgan fingerprint density at radius 2 is 1.74 bits per heavy atom. The van der Waals surface area contributed by atoms with Crippen LogP contribution in [0.2, 0.25) is 0 Å². The molecule has 3 heteroatoms. The summed E-state index contributed by atoms with van der Waals surface area (Å²) in [5, 5.41) is 12.7. The number of para-hydroxylation sites is 1. The number of benzene rings is 3. The minimum Gasteiger partial charge on any atom is -0.235 e. The number of aromatic nitrogens is 1. The van der Waals surface area contributed by atoms with Gasteiger partial charge in [0.05, 0.1) is 15.8 Å². The van der Waals surface area contributed by atoms with Crippen molar-refractivity contribution in [2.75, 3.05) is 0 Å². The van der Waals surface area contributed by atoms with E-state index in [2.05, 4.69) is 29.3 Å². The van der Waals surface area contributed by atoms with Crippen LogP contribution in [-0.4, -0.2) is 4.98 Å². The molecule has 0 unspecified atom stereocenters. The van der Waals surface area contributed by atoms with Gasteiger partial charge in [0.15, 0.2) is 0 Å². The normalized spacial score (nSPS) is 11.7. The SMILES string of the molecule is N#CC(=Cc1cccc2ccccc12)c1nc2ccccc2s1. The Hall–Kier alpha value is -2.96. The molecule has 0 aliphatic rings. The average molecular weight is 312 g/mol. The van der Waals surface area contributed by atoms with Crippen LogP contribution >= 0.6 is 11.3 Å². The predicted octanol–water partition coefficient (Wildman–Crippen LogP) is 5.51. The number of allylic oxidation sites excluding steroid dienone is 1. The van der Waals surface area contributed by atoms with Crippen LogP contribution in [0.3, 0.4) is 0 Å². The summed E-state index contributed by atoms with van der Waals surface area (Å²) >= 11 is 1.55. The first-order valence-electron chi connectivity index (χ1n) is 7.31. The summed E-state index contributed by atoms with van der Waals surface area (Å²) in [7, 11) is 0. The van der Waals surface area contributed by atoms with Crippen molar-refractivity contribution in [2.45, 2.75) is 0 Å². The van der Waals surface area contributed by atoms with E-state index in [4.69, 9.17) is 0 Å². The van der Waals surface area contributed by atoms with Gasteiger partial charge in [0, 0.05) is 0 Å². The average Bonchev–Trinajstić information content (AvgIpc) is 3.03. The number of thiazole rings is 1. The first-order valence-corrected chi connectivity index (χ1v) is 8.12. The van der Waals surface area contributed by atoms with E-state index in [0.29, 0.717) is 5.57 Å². The zero-order valence-electron chi connectivity index (χ0n) is 12.2. The first-order chi connectivity index (χ1) is 11.3. The van der Waals surface area contributed by atoms with Gasteiger partial charge in [-0.05, 0) is 34.5 Å². The van der Waals surface area contributed by atoms with Crippen molar-refractivity contribution in [1.29, 1.82) is 5.26 Å². The van der Waals surface area contributed by atoms with Crippen LogP contribution in [0.15, 0.2) is 66.7 Å². The number of rotatable bonds is 2. The van der Waals surface area contributed by atoms with Gasteiger partial charge in [0.1, 0.15) is 11.1 Å². The Morgan fingerprint density at radius 3 is 2.61 bits per heavy atom. The fraction of sp³-hybridized carbons (Fsp3) is 0. The molecule has 2 nitrogen and oxygen atoms in total. The second-order valence-corrected chi connectivity index (χ2v) is 6.26. The summed E-state index contributed by atoms with van der Waals surface area (Å²) in [6, 6.07) is 24.6. The summed E-state index contributed by atoms with van der Waals surface area (Å²) in [4.78, 5) is 4.59. The van der Waals surface area contributed by atoms with Gasteiger partial charge in [-0.15, -0.1) is 11.3 Å². The summed E-state index contributed by atoms with van der Waals surface area (Å²) in [6.07, 6.45) is 1.93. The van der Waals surface area contributed by atoms with Crippen LogP contribution in [0.1, 0.15) is 10.6 Å². The van der Waals surface area contributed by atoms with Crippen LogP contribution in [0.5, 0.6) is 0 Å². The van der Waals surface area contributed by atoms with Crippen LogP contribution in [0.4, 0.5) is 0 Å². The van der Waals surface area contributed by atoms with E-state index >= 15 is 0 Å². The van der Waals surface area contributed by atoms with Crippen molar-refractivity contribution in [3.05, 3.63) is 77.3 Å². The number of hydrogen-bond acceptors (Lipinski definition) is 3. The van der Waals surface area contributed by atoms with Crippen molar-refractivity contribution in [3.8, 4) is 6.07 Å². The van der Waals surface area contributed by atoms with Crippen molar-refractivity contribution < 1.29 is 0 Å². The van der Waals surface area contributed by atoms with Gasteiger partial charge < -0.3 is 0 Å². The molecule has 4 aromatic rings. The van der Waals surface area contributed by atoms with Gasteiger partial charge in [-0.1, -0.05) is 54.6 Å². The summed E-state index contributed by atoms with van der Waals surface area (Å²) in [6.45, 7) is 0. The fourth-order valence-electron chi connectivity index (χ4n) is 2.66. The quantitative estimate of drug-likeness (QED) is 0.457. The predicted molar refractivity (Wildman–Crippen MR) is 97.1 cm³/mol. The Balaban J connectivity index is 1.88. The lowest BCUT2D eigenvalue weighted by molar-refractivity contribution is 1.44. The smallest absolute Gasteiger partial charge is 0.135 e. The third kappa shape index (κ3) is 2.50. The third-order valence-electron chi connectivity index (χ3n) is 3.77.